The van der Waals surface area contributed by atoms with E-state index in [1.165, 1.54) is 0 Å². The van der Waals surface area contributed by atoms with Crippen molar-refractivity contribution in [3.63, 3.8) is 0 Å². The third-order valence-corrected chi connectivity index (χ3v) is 3.36. The van der Waals surface area contributed by atoms with Crippen LogP contribution in [-0.2, 0) is 4.79 Å². The summed E-state index contributed by atoms with van der Waals surface area (Å²) in [6, 6.07) is 11.5. The fraction of sp³-hybridized carbons (Fsp3) is 0.200. The van der Waals surface area contributed by atoms with E-state index in [1.807, 2.05) is 50.2 Å². The van der Waals surface area contributed by atoms with Crippen molar-refractivity contribution < 1.29 is 4.79 Å². The minimum Gasteiger partial charge on any atom is -0.315 e. The molecule has 0 saturated carbocycles. The Bertz CT molecular complexity index is 796. The molecule has 3 rings (SSSR count). The molecule has 0 aliphatic carbocycles. The van der Waals surface area contributed by atoms with Gasteiger partial charge in [-0.15, -0.1) is 10.2 Å². The summed E-state index contributed by atoms with van der Waals surface area (Å²) in [7, 11) is 0. The second-order valence-corrected chi connectivity index (χ2v) is 4.68. The number of hydrogen-bond donors (Lipinski definition) is 0. The number of anilines is 1. The average Bonchev–Trinajstić information content (AvgIpc) is 2.90. The third-order valence-electron chi connectivity index (χ3n) is 3.36. The van der Waals surface area contributed by atoms with Crippen molar-refractivity contribution in [2.24, 2.45) is 0 Å². The fourth-order valence-electron chi connectivity index (χ4n) is 2.21. The van der Waals surface area contributed by atoms with E-state index in [0.29, 0.717) is 6.54 Å². The Kier molecular flexibility index (Phi) is 3.35. The molecule has 3 aromatic rings. The number of fused-ring (bicyclic) bond motifs is 1. The summed E-state index contributed by atoms with van der Waals surface area (Å²) in [5, 5.41) is 12.6. The van der Waals surface area contributed by atoms with Crippen LogP contribution in [0.3, 0.4) is 0 Å². The Labute approximate surface area is 122 Å². The van der Waals surface area contributed by atoms with Gasteiger partial charge < -0.3 is 4.90 Å². The quantitative estimate of drug-likeness (QED) is 0.687. The highest BCUT2D eigenvalue weighted by Gasteiger charge is 2.08. The highest BCUT2D eigenvalue weighted by Crippen LogP contribution is 2.23. The van der Waals surface area contributed by atoms with Gasteiger partial charge in [-0.25, -0.2) is 0 Å². The van der Waals surface area contributed by atoms with E-state index in [-0.39, 0.29) is 0 Å². The maximum absolute atomic E-state index is 11.1. The second kappa shape index (κ2) is 5.32. The van der Waals surface area contributed by atoms with Gasteiger partial charge in [0.25, 0.3) is 0 Å². The molecule has 1 amide bonds. The molecule has 2 aromatic heterocycles. The number of rotatable bonds is 4. The number of nitrogens with zero attached hydrogens (tertiary/aromatic N) is 5. The van der Waals surface area contributed by atoms with Gasteiger partial charge in [-0.3, -0.25) is 4.79 Å². The van der Waals surface area contributed by atoms with Gasteiger partial charge in [-0.1, -0.05) is 12.1 Å². The van der Waals surface area contributed by atoms with E-state index in [0.717, 1.165) is 34.8 Å². The predicted octanol–water partition coefficient (Wildman–Crippen LogP) is 2.08. The summed E-state index contributed by atoms with van der Waals surface area (Å²) in [4.78, 5) is 12.7. The molecule has 0 saturated heterocycles. The van der Waals surface area contributed by atoms with Crippen LogP contribution >= 0.6 is 0 Å². The summed E-state index contributed by atoms with van der Waals surface area (Å²) in [6.07, 6.45) is 0.833. The maximum atomic E-state index is 11.1. The molecular weight excluding hydrogens is 266 g/mol. The van der Waals surface area contributed by atoms with Crippen LogP contribution in [0.1, 0.15) is 12.7 Å². The first kappa shape index (κ1) is 13.2. The van der Waals surface area contributed by atoms with Gasteiger partial charge >= 0.3 is 0 Å². The molecule has 0 atom stereocenters. The van der Waals surface area contributed by atoms with Crippen LogP contribution < -0.4 is 4.90 Å². The van der Waals surface area contributed by atoms with Crippen molar-refractivity contribution in [1.29, 1.82) is 0 Å². The SMILES string of the molecule is CCN(C=O)c1cccc(-c2ccc3nnc(C)n3n2)c1. The lowest BCUT2D eigenvalue weighted by Crippen LogP contribution is -2.19. The molecule has 0 aliphatic heterocycles. The first-order valence-electron chi connectivity index (χ1n) is 6.74. The number of amides is 1. The fourth-order valence-corrected chi connectivity index (χ4v) is 2.21. The van der Waals surface area contributed by atoms with Crippen LogP contribution in [0.5, 0.6) is 0 Å². The van der Waals surface area contributed by atoms with E-state index < -0.39 is 0 Å². The van der Waals surface area contributed by atoms with Gasteiger partial charge in [0.1, 0.15) is 0 Å². The van der Waals surface area contributed by atoms with Crippen molar-refractivity contribution in [2.45, 2.75) is 13.8 Å². The molecule has 0 aliphatic rings. The monoisotopic (exact) mass is 281 g/mol. The largest absolute Gasteiger partial charge is 0.315 e. The van der Waals surface area contributed by atoms with Crippen LogP contribution in [0.25, 0.3) is 16.9 Å². The van der Waals surface area contributed by atoms with Gasteiger partial charge in [0.2, 0.25) is 6.41 Å². The first-order valence-corrected chi connectivity index (χ1v) is 6.74. The highest BCUT2D eigenvalue weighted by molar-refractivity contribution is 5.77. The van der Waals surface area contributed by atoms with Crippen LogP contribution in [0, 0.1) is 6.92 Å². The lowest BCUT2D eigenvalue weighted by molar-refractivity contribution is -0.107. The van der Waals surface area contributed by atoms with Crippen molar-refractivity contribution >= 4 is 17.7 Å². The average molecular weight is 281 g/mol. The molecule has 0 spiro atoms. The van der Waals surface area contributed by atoms with E-state index in [4.69, 9.17) is 0 Å². The second-order valence-electron chi connectivity index (χ2n) is 4.68. The highest BCUT2D eigenvalue weighted by atomic mass is 16.1. The normalized spacial score (nSPS) is 10.8. The van der Waals surface area contributed by atoms with Gasteiger partial charge in [-0.05, 0) is 38.1 Å². The Morgan fingerprint density at radius 3 is 2.86 bits per heavy atom. The van der Waals surface area contributed by atoms with Crippen molar-refractivity contribution in [3.8, 4) is 11.3 Å². The molecule has 106 valence electrons. The van der Waals surface area contributed by atoms with Crippen LogP contribution in [0.4, 0.5) is 5.69 Å². The Hall–Kier alpha value is -2.76. The molecule has 0 radical (unpaired) electrons. The maximum Gasteiger partial charge on any atom is 0.214 e. The number of hydrogen-bond acceptors (Lipinski definition) is 4. The molecule has 21 heavy (non-hydrogen) atoms. The molecule has 0 N–H and O–H groups in total. The molecule has 6 heteroatoms. The van der Waals surface area contributed by atoms with Crippen molar-refractivity contribution in [3.05, 3.63) is 42.2 Å². The zero-order chi connectivity index (χ0) is 14.8. The van der Waals surface area contributed by atoms with Crippen LogP contribution in [0.2, 0.25) is 0 Å². The zero-order valence-corrected chi connectivity index (χ0v) is 11.9. The molecule has 2 heterocycles. The predicted molar refractivity (Wildman–Crippen MR) is 80.0 cm³/mol. The standard InChI is InChI=1S/C15H15N5O/c1-3-19(10-21)13-6-4-5-12(9-13)14-7-8-15-17-16-11(2)20(15)18-14/h4-10H,3H2,1-2H3. The summed E-state index contributed by atoms with van der Waals surface area (Å²) < 4.78 is 1.71. The molecule has 0 unspecified atom stereocenters. The summed E-state index contributed by atoms with van der Waals surface area (Å²) in [6.45, 7) is 4.42. The smallest absolute Gasteiger partial charge is 0.214 e. The van der Waals surface area contributed by atoms with Crippen LogP contribution in [0.15, 0.2) is 36.4 Å². The summed E-state index contributed by atoms with van der Waals surface area (Å²) in [5.74, 6) is 0.742. The number of carbonyl (C=O) groups excluding carboxylic acids is 1. The molecule has 0 fully saturated rings. The van der Waals surface area contributed by atoms with E-state index >= 15 is 0 Å². The Morgan fingerprint density at radius 2 is 2.10 bits per heavy atom. The third kappa shape index (κ3) is 2.35. The molecular formula is C15H15N5O. The van der Waals surface area contributed by atoms with Gasteiger partial charge in [-0.2, -0.15) is 9.61 Å². The Morgan fingerprint density at radius 1 is 1.24 bits per heavy atom. The van der Waals surface area contributed by atoms with Crippen molar-refractivity contribution in [1.82, 2.24) is 19.8 Å². The number of aromatic nitrogens is 4. The molecule has 6 nitrogen and oxygen atoms in total. The van der Waals surface area contributed by atoms with Crippen molar-refractivity contribution in [2.75, 3.05) is 11.4 Å². The summed E-state index contributed by atoms with van der Waals surface area (Å²) >= 11 is 0. The van der Waals surface area contributed by atoms with Gasteiger partial charge in [0, 0.05) is 17.8 Å². The first-order chi connectivity index (χ1) is 10.2. The zero-order valence-electron chi connectivity index (χ0n) is 11.9. The number of aryl methyl sites for hydroxylation is 1. The van der Waals surface area contributed by atoms with Gasteiger partial charge in [0.15, 0.2) is 11.5 Å². The minimum absolute atomic E-state index is 0.629. The van der Waals surface area contributed by atoms with E-state index in [2.05, 4.69) is 15.3 Å². The van der Waals surface area contributed by atoms with Gasteiger partial charge in [0.05, 0.1) is 5.69 Å². The Balaban J connectivity index is 2.07. The summed E-state index contributed by atoms with van der Waals surface area (Å²) in [5.41, 5.74) is 3.33. The lowest BCUT2D eigenvalue weighted by Gasteiger charge is -2.15. The topological polar surface area (TPSA) is 63.4 Å². The van der Waals surface area contributed by atoms with E-state index in [9.17, 15) is 4.79 Å². The van der Waals surface area contributed by atoms with E-state index in [1.54, 1.807) is 9.42 Å². The lowest BCUT2D eigenvalue weighted by atomic mass is 10.1. The van der Waals surface area contributed by atoms with Crippen LogP contribution in [-0.4, -0.2) is 32.8 Å². The minimum atomic E-state index is 0.629. The molecule has 1 aromatic carbocycles. The number of benzene rings is 1. The molecule has 0 bridgehead atoms. The number of carbonyl (C=O) groups is 1.